The fourth-order valence-corrected chi connectivity index (χ4v) is 3.73. The molecule has 1 N–H and O–H groups in total. The summed E-state index contributed by atoms with van der Waals surface area (Å²) < 4.78 is 7.70. The predicted molar refractivity (Wildman–Crippen MR) is 125 cm³/mol. The Hall–Kier alpha value is -3.06. The van der Waals surface area contributed by atoms with Gasteiger partial charge in [0.1, 0.15) is 12.4 Å². The summed E-state index contributed by atoms with van der Waals surface area (Å²) in [6.07, 6.45) is 2.87. The molecular formula is C24H28N4O2S. The van der Waals surface area contributed by atoms with Crippen LogP contribution in [0.1, 0.15) is 37.6 Å². The molecule has 0 aliphatic heterocycles. The van der Waals surface area contributed by atoms with E-state index < -0.39 is 0 Å². The van der Waals surface area contributed by atoms with Crippen molar-refractivity contribution < 1.29 is 9.53 Å². The first kappa shape index (κ1) is 22.6. The van der Waals surface area contributed by atoms with Gasteiger partial charge >= 0.3 is 0 Å². The number of nitrogens with one attached hydrogen (secondary N) is 1. The fraction of sp³-hybridized carbons (Fsp3) is 0.292. The Morgan fingerprint density at radius 1 is 1.19 bits per heavy atom. The highest BCUT2D eigenvalue weighted by Gasteiger charge is 2.14. The molecule has 6 nitrogen and oxygen atoms in total. The highest BCUT2D eigenvalue weighted by molar-refractivity contribution is 7.99. The van der Waals surface area contributed by atoms with E-state index in [-0.39, 0.29) is 11.7 Å². The molecule has 1 atom stereocenters. The molecular weight excluding hydrogens is 408 g/mol. The van der Waals surface area contributed by atoms with Crippen LogP contribution >= 0.6 is 11.8 Å². The van der Waals surface area contributed by atoms with Gasteiger partial charge in [-0.2, -0.15) is 0 Å². The SMILES string of the molecule is C=CCn1c(COc2ccccc2)nnc1SCC(=O)Nc1ccc([C@H](C)CC)cc1. The second-order valence-electron chi connectivity index (χ2n) is 7.17. The molecule has 7 heteroatoms. The molecule has 3 rings (SSSR count). The van der Waals surface area contributed by atoms with Crippen molar-refractivity contribution in [1.29, 1.82) is 0 Å². The number of amides is 1. The van der Waals surface area contributed by atoms with Crippen LogP contribution in [-0.4, -0.2) is 26.4 Å². The average molecular weight is 437 g/mol. The lowest BCUT2D eigenvalue weighted by molar-refractivity contribution is -0.113. The molecule has 0 saturated carbocycles. The highest BCUT2D eigenvalue weighted by atomic mass is 32.2. The van der Waals surface area contributed by atoms with Crippen LogP contribution in [0.15, 0.2) is 72.4 Å². The Balaban J connectivity index is 1.57. The van der Waals surface area contributed by atoms with E-state index in [0.717, 1.165) is 17.9 Å². The molecule has 0 fully saturated rings. The number of hydrogen-bond acceptors (Lipinski definition) is 5. The average Bonchev–Trinajstić information content (AvgIpc) is 3.18. The lowest BCUT2D eigenvalue weighted by atomic mass is 9.99. The number of aromatic nitrogens is 3. The molecule has 0 saturated heterocycles. The van der Waals surface area contributed by atoms with Crippen molar-refractivity contribution in [2.45, 2.75) is 44.5 Å². The summed E-state index contributed by atoms with van der Waals surface area (Å²) in [4.78, 5) is 12.4. The van der Waals surface area contributed by atoms with E-state index in [1.165, 1.54) is 17.3 Å². The Kier molecular flexibility index (Phi) is 8.29. The van der Waals surface area contributed by atoms with E-state index >= 15 is 0 Å². The van der Waals surface area contributed by atoms with Gasteiger partial charge < -0.3 is 10.1 Å². The summed E-state index contributed by atoms with van der Waals surface area (Å²) in [6, 6.07) is 17.6. The van der Waals surface area contributed by atoms with Gasteiger partial charge in [-0.25, -0.2) is 0 Å². The quantitative estimate of drug-likeness (QED) is 0.327. The zero-order valence-electron chi connectivity index (χ0n) is 18.0. The topological polar surface area (TPSA) is 69.0 Å². The van der Waals surface area contributed by atoms with Crippen molar-refractivity contribution in [2.75, 3.05) is 11.1 Å². The summed E-state index contributed by atoms with van der Waals surface area (Å²) in [6.45, 7) is 9.01. The smallest absolute Gasteiger partial charge is 0.234 e. The molecule has 0 aliphatic carbocycles. The second kappa shape index (κ2) is 11.4. The first-order chi connectivity index (χ1) is 15.1. The number of carbonyl (C=O) groups excluding carboxylic acids is 1. The first-order valence-corrected chi connectivity index (χ1v) is 11.3. The number of thioether (sulfide) groups is 1. The molecule has 3 aromatic rings. The largest absolute Gasteiger partial charge is 0.486 e. The molecule has 0 spiro atoms. The Labute approximate surface area is 187 Å². The lowest BCUT2D eigenvalue weighted by Gasteiger charge is -2.11. The van der Waals surface area contributed by atoms with Gasteiger partial charge in [-0.1, -0.05) is 62.0 Å². The highest BCUT2D eigenvalue weighted by Crippen LogP contribution is 2.22. The molecule has 162 valence electrons. The van der Waals surface area contributed by atoms with Crippen molar-refractivity contribution in [1.82, 2.24) is 14.8 Å². The molecule has 2 aromatic carbocycles. The number of allylic oxidation sites excluding steroid dienone is 1. The number of nitrogens with zero attached hydrogens (tertiary/aromatic N) is 3. The van der Waals surface area contributed by atoms with Crippen LogP contribution in [-0.2, 0) is 17.9 Å². The molecule has 0 unspecified atom stereocenters. The maximum absolute atomic E-state index is 12.4. The summed E-state index contributed by atoms with van der Waals surface area (Å²) in [7, 11) is 0. The van der Waals surface area contributed by atoms with Crippen LogP contribution in [0.3, 0.4) is 0 Å². The van der Waals surface area contributed by atoms with Crippen molar-refractivity contribution in [2.24, 2.45) is 0 Å². The van der Waals surface area contributed by atoms with Gasteiger partial charge in [0, 0.05) is 12.2 Å². The maximum atomic E-state index is 12.4. The van der Waals surface area contributed by atoms with Gasteiger partial charge in [-0.15, -0.1) is 16.8 Å². The number of carbonyl (C=O) groups is 1. The molecule has 31 heavy (non-hydrogen) atoms. The maximum Gasteiger partial charge on any atom is 0.234 e. The van der Waals surface area contributed by atoms with Gasteiger partial charge in [-0.05, 0) is 42.2 Å². The van der Waals surface area contributed by atoms with E-state index in [0.29, 0.717) is 30.1 Å². The zero-order chi connectivity index (χ0) is 22.1. The summed E-state index contributed by atoms with van der Waals surface area (Å²) in [5.41, 5.74) is 2.07. The summed E-state index contributed by atoms with van der Waals surface area (Å²) in [5.74, 6) is 2.12. The van der Waals surface area contributed by atoms with Crippen LogP contribution < -0.4 is 10.1 Å². The Morgan fingerprint density at radius 2 is 1.94 bits per heavy atom. The van der Waals surface area contributed by atoms with Crippen molar-refractivity contribution >= 4 is 23.4 Å². The van der Waals surface area contributed by atoms with Gasteiger partial charge in [-0.3, -0.25) is 9.36 Å². The zero-order valence-corrected chi connectivity index (χ0v) is 18.8. The third kappa shape index (κ3) is 6.46. The van der Waals surface area contributed by atoms with Crippen LogP contribution in [0, 0.1) is 0 Å². The number of para-hydroxylation sites is 1. The number of rotatable bonds is 11. The standard InChI is InChI=1S/C24H28N4O2S/c1-4-15-28-22(16-30-21-9-7-6-8-10-21)26-27-24(28)31-17-23(29)25-20-13-11-19(12-14-20)18(3)5-2/h4,6-14,18H,1,5,15-17H2,2-3H3,(H,25,29)/t18-/m1/s1. The number of hydrogen-bond donors (Lipinski definition) is 1. The van der Waals surface area contributed by atoms with Crippen LogP contribution in [0.4, 0.5) is 5.69 Å². The minimum atomic E-state index is -0.0865. The molecule has 0 radical (unpaired) electrons. The van der Waals surface area contributed by atoms with Gasteiger partial charge in [0.05, 0.1) is 5.75 Å². The van der Waals surface area contributed by atoms with Crippen LogP contribution in [0.2, 0.25) is 0 Å². The van der Waals surface area contributed by atoms with Crippen LogP contribution in [0.25, 0.3) is 0 Å². The van der Waals surface area contributed by atoms with Crippen molar-refractivity contribution in [3.05, 3.63) is 78.6 Å². The Bertz CT molecular complexity index is 987. The van der Waals surface area contributed by atoms with Crippen molar-refractivity contribution in [3.8, 4) is 5.75 Å². The first-order valence-electron chi connectivity index (χ1n) is 10.3. The third-order valence-corrected chi connectivity index (χ3v) is 5.89. The minimum Gasteiger partial charge on any atom is -0.486 e. The number of anilines is 1. The summed E-state index contributed by atoms with van der Waals surface area (Å²) >= 11 is 1.34. The lowest BCUT2D eigenvalue weighted by Crippen LogP contribution is -2.15. The number of benzene rings is 2. The normalized spacial score (nSPS) is 11.7. The molecule has 1 aromatic heterocycles. The van der Waals surface area contributed by atoms with Crippen LogP contribution in [0.5, 0.6) is 5.75 Å². The molecule has 0 bridgehead atoms. The fourth-order valence-electron chi connectivity index (χ4n) is 2.97. The monoisotopic (exact) mass is 436 g/mol. The number of ether oxygens (including phenoxy) is 1. The van der Waals surface area contributed by atoms with Gasteiger partial charge in [0.25, 0.3) is 0 Å². The second-order valence-corrected chi connectivity index (χ2v) is 8.11. The molecule has 1 amide bonds. The minimum absolute atomic E-state index is 0.0865. The van der Waals surface area contributed by atoms with Crippen molar-refractivity contribution in [3.63, 3.8) is 0 Å². The van der Waals surface area contributed by atoms with E-state index in [1.807, 2.05) is 47.0 Å². The van der Waals surface area contributed by atoms with Gasteiger partial charge in [0.2, 0.25) is 5.91 Å². The van der Waals surface area contributed by atoms with E-state index in [4.69, 9.17) is 4.74 Å². The van der Waals surface area contributed by atoms with E-state index in [9.17, 15) is 4.79 Å². The van der Waals surface area contributed by atoms with Gasteiger partial charge in [0.15, 0.2) is 11.0 Å². The molecule has 1 heterocycles. The third-order valence-electron chi connectivity index (χ3n) is 4.92. The van der Waals surface area contributed by atoms with E-state index in [1.54, 1.807) is 6.08 Å². The summed E-state index contributed by atoms with van der Waals surface area (Å²) in [5, 5.41) is 12.1. The Morgan fingerprint density at radius 3 is 2.61 bits per heavy atom. The van der Waals surface area contributed by atoms with E-state index in [2.05, 4.69) is 48.1 Å². The molecule has 0 aliphatic rings. The predicted octanol–water partition coefficient (Wildman–Crippen LogP) is 5.29.